The Hall–Kier alpha value is -2.11. The third-order valence-electron chi connectivity index (χ3n) is 2.73. The van der Waals surface area contributed by atoms with Crippen molar-refractivity contribution in [2.75, 3.05) is 17.2 Å². The number of anilines is 2. The van der Waals surface area contributed by atoms with E-state index < -0.39 is 0 Å². The molecular formula is C10H12N6. The number of nitrogen functional groups attached to an aromatic ring is 1. The van der Waals surface area contributed by atoms with Crippen LogP contribution in [0.3, 0.4) is 0 Å². The highest BCUT2D eigenvalue weighted by Crippen LogP contribution is 2.17. The highest BCUT2D eigenvalue weighted by Gasteiger charge is 2.18. The van der Waals surface area contributed by atoms with Crippen molar-refractivity contribution >= 4 is 11.5 Å². The summed E-state index contributed by atoms with van der Waals surface area (Å²) in [5, 5.41) is 7.96. The first-order valence-electron chi connectivity index (χ1n) is 5.16. The van der Waals surface area contributed by atoms with Gasteiger partial charge in [-0.05, 0) is 12.1 Å². The molecule has 0 saturated heterocycles. The standard InChI is InChI=1S/C10H12N6/c11-8-1-2-9(12-5-8)15-3-4-16-7-13-14-10(16)6-15/h1-2,5,7H,3-4,6,11H2. The molecule has 0 fully saturated rings. The average molecular weight is 216 g/mol. The molecule has 82 valence electrons. The maximum absolute atomic E-state index is 5.61. The number of hydrogen-bond acceptors (Lipinski definition) is 5. The Kier molecular flexibility index (Phi) is 1.99. The molecule has 0 aromatic carbocycles. The zero-order valence-corrected chi connectivity index (χ0v) is 8.74. The second-order valence-electron chi connectivity index (χ2n) is 3.81. The largest absolute Gasteiger partial charge is 0.397 e. The highest BCUT2D eigenvalue weighted by molar-refractivity contribution is 5.46. The van der Waals surface area contributed by atoms with E-state index in [0.29, 0.717) is 5.69 Å². The predicted molar refractivity (Wildman–Crippen MR) is 59.7 cm³/mol. The monoisotopic (exact) mass is 216 g/mol. The molecule has 16 heavy (non-hydrogen) atoms. The van der Waals surface area contributed by atoms with E-state index in [-0.39, 0.29) is 0 Å². The van der Waals surface area contributed by atoms with E-state index in [1.807, 2.05) is 12.1 Å². The number of pyridine rings is 1. The fourth-order valence-electron chi connectivity index (χ4n) is 1.85. The lowest BCUT2D eigenvalue weighted by molar-refractivity contribution is 0.556. The van der Waals surface area contributed by atoms with Gasteiger partial charge in [0.1, 0.15) is 12.1 Å². The molecule has 0 saturated carbocycles. The Morgan fingerprint density at radius 2 is 2.19 bits per heavy atom. The van der Waals surface area contributed by atoms with Gasteiger partial charge < -0.3 is 15.2 Å². The van der Waals surface area contributed by atoms with Crippen molar-refractivity contribution in [3.8, 4) is 0 Å². The summed E-state index contributed by atoms with van der Waals surface area (Å²) in [6.07, 6.45) is 3.44. The number of rotatable bonds is 1. The third-order valence-corrected chi connectivity index (χ3v) is 2.73. The molecule has 1 aliphatic heterocycles. The summed E-state index contributed by atoms with van der Waals surface area (Å²) < 4.78 is 2.06. The van der Waals surface area contributed by atoms with Gasteiger partial charge >= 0.3 is 0 Å². The smallest absolute Gasteiger partial charge is 0.152 e. The van der Waals surface area contributed by atoms with Crippen LogP contribution >= 0.6 is 0 Å². The molecule has 0 aliphatic carbocycles. The minimum absolute atomic E-state index is 0.684. The highest BCUT2D eigenvalue weighted by atomic mass is 15.3. The van der Waals surface area contributed by atoms with Crippen molar-refractivity contribution in [2.24, 2.45) is 0 Å². The van der Waals surface area contributed by atoms with E-state index in [0.717, 1.165) is 31.3 Å². The Balaban J connectivity index is 1.86. The average Bonchev–Trinajstić information content (AvgIpc) is 2.77. The molecule has 2 aromatic rings. The van der Waals surface area contributed by atoms with E-state index >= 15 is 0 Å². The fourth-order valence-corrected chi connectivity index (χ4v) is 1.85. The summed E-state index contributed by atoms with van der Waals surface area (Å²) in [7, 11) is 0. The Morgan fingerprint density at radius 1 is 1.25 bits per heavy atom. The van der Waals surface area contributed by atoms with Gasteiger partial charge in [0.2, 0.25) is 0 Å². The quantitative estimate of drug-likeness (QED) is 0.741. The second kappa shape index (κ2) is 3.48. The molecular weight excluding hydrogens is 204 g/mol. The van der Waals surface area contributed by atoms with Crippen LogP contribution in [0.2, 0.25) is 0 Å². The van der Waals surface area contributed by atoms with Crippen molar-refractivity contribution in [3.05, 3.63) is 30.5 Å². The van der Waals surface area contributed by atoms with Gasteiger partial charge in [-0.2, -0.15) is 0 Å². The Bertz CT molecular complexity index is 488. The zero-order chi connectivity index (χ0) is 11.0. The summed E-state index contributed by atoms with van der Waals surface area (Å²) in [6, 6.07) is 3.79. The summed E-state index contributed by atoms with van der Waals surface area (Å²) in [5.41, 5.74) is 6.29. The number of nitrogens with two attached hydrogens (primary N) is 1. The summed E-state index contributed by atoms with van der Waals surface area (Å²) in [4.78, 5) is 6.47. The van der Waals surface area contributed by atoms with Crippen molar-refractivity contribution in [1.82, 2.24) is 19.7 Å². The SMILES string of the molecule is Nc1ccc(N2CCn3cnnc3C2)nc1. The van der Waals surface area contributed by atoms with Crippen molar-refractivity contribution in [2.45, 2.75) is 13.1 Å². The van der Waals surface area contributed by atoms with Gasteiger partial charge in [-0.3, -0.25) is 0 Å². The molecule has 0 spiro atoms. The number of aromatic nitrogens is 4. The van der Waals surface area contributed by atoms with E-state index in [4.69, 9.17) is 5.73 Å². The third kappa shape index (κ3) is 1.48. The lowest BCUT2D eigenvalue weighted by Crippen LogP contribution is -2.34. The van der Waals surface area contributed by atoms with Crippen LogP contribution in [0.25, 0.3) is 0 Å². The first-order chi connectivity index (χ1) is 7.83. The van der Waals surface area contributed by atoms with Crippen molar-refractivity contribution < 1.29 is 0 Å². The maximum atomic E-state index is 5.61. The summed E-state index contributed by atoms with van der Waals surface area (Å²) >= 11 is 0. The maximum Gasteiger partial charge on any atom is 0.152 e. The van der Waals surface area contributed by atoms with Crippen LogP contribution in [0.1, 0.15) is 5.82 Å². The van der Waals surface area contributed by atoms with Gasteiger partial charge in [0.05, 0.1) is 18.4 Å². The van der Waals surface area contributed by atoms with Gasteiger partial charge in [-0.15, -0.1) is 10.2 Å². The molecule has 0 radical (unpaired) electrons. The van der Waals surface area contributed by atoms with Crippen LogP contribution in [0, 0.1) is 0 Å². The predicted octanol–water partition coefficient (Wildman–Crippen LogP) is 0.275. The first-order valence-corrected chi connectivity index (χ1v) is 5.16. The minimum Gasteiger partial charge on any atom is -0.397 e. The first kappa shape index (κ1) is 9.14. The zero-order valence-electron chi connectivity index (χ0n) is 8.74. The molecule has 2 N–H and O–H groups in total. The van der Waals surface area contributed by atoms with Crippen LogP contribution in [0.4, 0.5) is 11.5 Å². The topological polar surface area (TPSA) is 72.9 Å². The number of hydrogen-bond donors (Lipinski definition) is 1. The molecule has 3 rings (SSSR count). The van der Waals surface area contributed by atoms with E-state index in [9.17, 15) is 0 Å². The van der Waals surface area contributed by atoms with Gasteiger partial charge in [-0.1, -0.05) is 0 Å². The minimum atomic E-state index is 0.684. The molecule has 0 unspecified atom stereocenters. The molecule has 3 heterocycles. The summed E-state index contributed by atoms with van der Waals surface area (Å²) in [6.45, 7) is 2.56. The van der Waals surface area contributed by atoms with Crippen LogP contribution in [0.15, 0.2) is 24.7 Å². The second-order valence-corrected chi connectivity index (χ2v) is 3.81. The number of nitrogens with zero attached hydrogens (tertiary/aromatic N) is 5. The Morgan fingerprint density at radius 3 is 3.00 bits per heavy atom. The van der Waals surface area contributed by atoms with Gasteiger partial charge in [0, 0.05) is 13.1 Å². The van der Waals surface area contributed by atoms with Crippen LogP contribution < -0.4 is 10.6 Å². The van der Waals surface area contributed by atoms with Crippen LogP contribution in [0.5, 0.6) is 0 Å². The van der Waals surface area contributed by atoms with Gasteiger partial charge in [-0.25, -0.2) is 4.98 Å². The molecule has 6 nitrogen and oxygen atoms in total. The molecule has 0 bridgehead atoms. The van der Waals surface area contributed by atoms with Gasteiger partial charge in [0.25, 0.3) is 0 Å². The summed E-state index contributed by atoms with van der Waals surface area (Å²) in [5.74, 6) is 1.91. The Labute approximate surface area is 92.7 Å². The van der Waals surface area contributed by atoms with E-state index in [2.05, 4.69) is 24.6 Å². The molecule has 6 heteroatoms. The molecule has 2 aromatic heterocycles. The normalized spacial score (nSPS) is 14.9. The lowest BCUT2D eigenvalue weighted by Gasteiger charge is -2.27. The molecule has 0 amide bonds. The van der Waals surface area contributed by atoms with Crippen molar-refractivity contribution in [3.63, 3.8) is 0 Å². The lowest BCUT2D eigenvalue weighted by atomic mass is 10.3. The van der Waals surface area contributed by atoms with E-state index in [1.54, 1.807) is 12.5 Å². The van der Waals surface area contributed by atoms with Gasteiger partial charge in [0.15, 0.2) is 5.82 Å². The van der Waals surface area contributed by atoms with Crippen LogP contribution in [-0.2, 0) is 13.1 Å². The van der Waals surface area contributed by atoms with Crippen molar-refractivity contribution in [1.29, 1.82) is 0 Å². The fraction of sp³-hybridized carbons (Fsp3) is 0.300. The molecule has 1 aliphatic rings. The molecule has 0 atom stereocenters. The number of fused-ring (bicyclic) bond motifs is 1. The van der Waals surface area contributed by atoms with Crippen LogP contribution in [-0.4, -0.2) is 26.3 Å². The van der Waals surface area contributed by atoms with E-state index in [1.165, 1.54) is 0 Å².